The van der Waals surface area contributed by atoms with Crippen LogP contribution < -0.4 is 21.3 Å². The number of imide groups is 2. The number of urea groups is 1. The largest absolute Gasteiger partial charge is 0.384 e. The van der Waals surface area contributed by atoms with E-state index in [1.807, 2.05) is 0 Å². The van der Waals surface area contributed by atoms with Crippen molar-refractivity contribution in [2.75, 3.05) is 23.7 Å². The van der Waals surface area contributed by atoms with Crippen LogP contribution >= 0.6 is 11.7 Å². The van der Waals surface area contributed by atoms with Crippen molar-refractivity contribution >= 4 is 52.9 Å². The summed E-state index contributed by atoms with van der Waals surface area (Å²) in [6.45, 7) is 0.953. The summed E-state index contributed by atoms with van der Waals surface area (Å²) in [6.07, 6.45) is 3.02. The van der Waals surface area contributed by atoms with Crippen LogP contribution in [0, 0.1) is 0 Å². The topological polar surface area (TPSA) is 162 Å². The van der Waals surface area contributed by atoms with E-state index in [-0.39, 0.29) is 30.0 Å². The Morgan fingerprint density at radius 2 is 1.97 bits per heavy atom. The molecule has 1 aromatic heterocycles. The highest BCUT2D eigenvalue weighted by molar-refractivity contribution is 6.99. The van der Waals surface area contributed by atoms with Gasteiger partial charge in [0.2, 0.25) is 11.8 Å². The maximum atomic E-state index is 13.0. The van der Waals surface area contributed by atoms with Gasteiger partial charge in [-0.05, 0) is 31.4 Å². The lowest BCUT2D eigenvalue weighted by Crippen LogP contribution is -2.54. The van der Waals surface area contributed by atoms with Gasteiger partial charge >= 0.3 is 6.03 Å². The van der Waals surface area contributed by atoms with Crippen molar-refractivity contribution in [1.29, 1.82) is 0 Å². The summed E-state index contributed by atoms with van der Waals surface area (Å²) in [6, 6.07) is 3.55. The van der Waals surface area contributed by atoms with E-state index in [0.29, 0.717) is 37.4 Å². The summed E-state index contributed by atoms with van der Waals surface area (Å²) in [4.78, 5) is 62.2. The zero-order valence-corrected chi connectivity index (χ0v) is 18.2. The molecule has 13 heteroatoms. The van der Waals surface area contributed by atoms with Crippen LogP contribution in [-0.4, -0.2) is 62.4 Å². The van der Waals surface area contributed by atoms with Crippen LogP contribution in [0.25, 0.3) is 0 Å². The molecule has 0 aliphatic carbocycles. The highest BCUT2D eigenvalue weighted by Gasteiger charge is 2.45. The molecular weight excluding hydrogens is 450 g/mol. The van der Waals surface area contributed by atoms with Crippen LogP contribution in [0.5, 0.6) is 0 Å². The molecule has 0 bridgehead atoms. The third-order valence-corrected chi connectivity index (χ3v) is 5.75. The number of fused-ring (bicyclic) bond motifs is 1. The smallest absolute Gasteiger partial charge is 0.320 e. The molecule has 33 heavy (non-hydrogen) atoms. The third kappa shape index (κ3) is 4.82. The molecule has 2 aliphatic rings. The lowest BCUT2D eigenvalue weighted by Gasteiger charge is -2.27. The number of nitrogens with one attached hydrogen (secondary N) is 4. The number of benzene rings is 1. The minimum Gasteiger partial charge on any atom is -0.384 e. The molecule has 1 saturated heterocycles. The molecule has 1 fully saturated rings. The van der Waals surface area contributed by atoms with Gasteiger partial charge < -0.3 is 10.6 Å². The Hall–Kier alpha value is -3.87. The number of nitrogens with zero attached hydrogens (tertiary/aromatic N) is 3. The van der Waals surface area contributed by atoms with Crippen molar-refractivity contribution in [2.24, 2.45) is 0 Å². The van der Waals surface area contributed by atoms with E-state index in [0.717, 1.165) is 16.6 Å². The number of hydrogen-bond acceptors (Lipinski definition) is 9. The molecule has 1 aromatic carbocycles. The van der Waals surface area contributed by atoms with Gasteiger partial charge in [0.15, 0.2) is 5.82 Å². The van der Waals surface area contributed by atoms with Crippen molar-refractivity contribution in [1.82, 2.24) is 24.3 Å². The van der Waals surface area contributed by atoms with E-state index >= 15 is 0 Å². The second kappa shape index (κ2) is 9.73. The number of aromatic nitrogens is 2. The van der Waals surface area contributed by atoms with Crippen molar-refractivity contribution in [3.8, 4) is 0 Å². The van der Waals surface area contributed by atoms with Crippen LogP contribution in [0.2, 0.25) is 0 Å². The average molecular weight is 471 g/mol. The van der Waals surface area contributed by atoms with E-state index in [2.05, 4.69) is 30.0 Å². The van der Waals surface area contributed by atoms with Gasteiger partial charge in [-0.2, -0.15) is 8.75 Å². The first-order chi connectivity index (χ1) is 16.0. The van der Waals surface area contributed by atoms with Gasteiger partial charge in [-0.15, -0.1) is 0 Å². The maximum Gasteiger partial charge on any atom is 0.320 e. The summed E-state index contributed by atoms with van der Waals surface area (Å²) in [5, 5.41) is 10.6. The first-order valence-electron chi connectivity index (χ1n) is 10.4. The monoisotopic (exact) mass is 471 g/mol. The zero-order chi connectivity index (χ0) is 23.4. The fourth-order valence-corrected chi connectivity index (χ4v) is 4.09. The molecule has 1 atom stereocenters. The van der Waals surface area contributed by atoms with E-state index in [9.17, 15) is 24.0 Å². The Morgan fingerprint density at radius 1 is 1.15 bits per heavy atom. The molecule has 0 saturated carbocycles. The Labute approximate surface area is 192 Å². The summed E-state index contributed by atoms with van der Waals surface area (Å²) < 4.78 is 7.68. The van der Waals surface area contributed by atoms with Crippen LogP contribution in [0.4, 0.5) is 16.3 Å². The molecule has 172 valence electrons. The van der Waals surface area contributed by atoms with Crippen molar-refractivity contribution in [2.45, 2.75) is 31.7 Å². The molecule has 4 rings (SSSR count). The number of hydrogen-bond donors (Lipinski definition) is 4. The number of piperidine rings is 1. The molecule has 4 N–H and O–H groups in total. The van der Waals surface area contributed by atoms with Gasteiger partial charge in [0.05, 0.1) is 29.1 Å². The second-order valence-electron chi connectivity index (χ2n) is 7.48. The van der Waals surface area contributed by atoms with Crippen molar-refractivity contribution in [3.05, 3.63) is 35.5 Å². The number of rotatable bonds is 8. The van der Waals surface area contributed by atoms with Crippen LogP contribution in [0.15, 0.2) is 24.4 Å². The van der Waals surface area contributed by atoms with Gasteiger partial charge in [0.25, 0.3) is 11.8 Å². The Morgan fingerprint density at radius 3 is 2.73 bits per heavy atom. The Balaban J connectivity index is 1.29. The molecule has 1 unspecified atom stereocenters. The van der Waals surface area contributed by atoms with E-state index in [4.69, 9.17) is 0 Å². The van der Waals surface area contributed by atoms with Gasteiger partial charge in [-0.3, -0.25) is 34.7 Å². The van der Waals surface area contributed by atoms with Crippen LogP contribution in [0.3, 0.4) is 0 Å². The first kappa shape index (κ1) is 22.3. The summed E-state index contributed by atoms with van der Waals surface area (Å²) in [5.74, 6) is -1.76. The summed E-state index contributed by atoms with van der Waals surface area (Å²) in [5.41, 5.74) is 0.952. The highest BCUT2D eigenvalue weighted by atomic mass is 32.1. The summed E-state index contributed by atoms with van der Waals surface area (Å²) >= 11 is 0.999. The predicted octanol–water partition coefficient (Wildman–Crippen LogP) is 0.953. The van der Waals surface area contributed by atoms with Gasteiger partial charge in [-0.25, -0.2) is 4.79 Å². The second-order valence-corrected chi connectivity index (χ2v) is 8.04. The average Bonchev–Trinajstić information content (AvgIpc) is 3.38. The lowest BCUT2D eigenvalue weighted by molar-refractivity contribution is -0.136. The van der Waals surface area contributed by atoms with Gasteiger partial charge in [0.1, 0.15) is 6.04 Å². The van der Waals surface area contributed by atoms with E-state index in [1.54, 1.807) is 18.2 Å². The molecule has 2 aliphatic heterocycles. The summed E-state index contributed by atoms with van der Waals surface area (Å²) in [7, 11) is 0. The van der Waals surface area contributed by atoms with Gasteiger partial charge in [-0.1, -0.05) is 6.07 Å². The predicted molar refractivity (Wildman–Crippen MR) is 118 cm³/mol. The molecule has 0 spiro atoms. The Kier molecular flexibility index (Phi) is 6.58. The maximum absolute atomic E-state index is 13.0. The molecule has 0 radical (unpaired) electrons. The molecule has 12 nitrogen and oxygen atoms in total. The fraction of sp³-hybridized carbons (Fsp3) is 0.350. The number of carbonyl (C=O) groups is 5. The minimum absolute atomic E-state index is 0.0711. The quantitative estimate of drug-likeness (QED) is 0.327. The Bertz CT molecular complexity index is 1100. The molecule has 3 heterocycles. The normalized spacial score (nSPS) is 17.6. The van der Waals surface area contributed by atoms with Gasteiger partial charge in [0, 0.05) is 25.2 Å². The SMILES string of the molecule is O=C1CCC(N2C(=O)c3cccc(NCCCCNC(=O)Nc4cnsn4)c3C2=O)C(=O)N1. The van der Waals surface area contributed by atoms with Crippen molar-refractivity contribution < 1.29 is 24.0 Å². The number of amides is 6. The van der Waals surface area contributed by atoms with E-state index < -0.39 is 29.7 Å². The van der Waals surface area contributed by atoms with Crippen LogP contribution in [-0.2, 0) is 9.59 Å². The van der Waals surface area contributed by atoms with Crippen molar-refractivity contribution in [3.63, 3.8) is 0 Å². The number of carbonyl (C=O) groups excluding carboxylic acids is 5. The number of unbranched alkanes of at least 4 members (excludes halogenated alkanes) is 1. The zero-order valence-electron chi connectivity index (χ0n) is 17.4. The van der Waals surface area contributed by atoms with E-state index in [1.165, 1.54) is 6.20 Å². The standard InChI is InChI=1S/C20H21N7O5S/c28-15-7-6-13(17(29)25-15)27-18(30)11-4-3-5-12(16(11)19(27)31)21-8-1-2-9-22-20(32)24-14-10-23-33-26-14/h3-5,10,13,21H,1-2,6-9H2,(H,25,28,29)(H2,22,24,26,32). The molecule has 6 amide bonds. The van der Waals surface area contributed by atoms with Crippen LogP contribution in [0.1, 0.15) is 46.4 Å². The molecular formula is C20H21N7O5S. The first-order valence-corrected chi connectivity index (χ1v) is 11.1. The minimum atomic E-state index is -1.000. The molecule has 2 aromatic rings. The third-order valence-electron chi connectivity index (χ3n) is 5.28. The number of anilines is 2. The lowest BCUT2D eigenvalue weighted by atomic mass is 10.0. The highest BCUT2D eigenvalue weighted by Crippen LogP contribution is 2.32. The fourth-order valence-electron chi connectivity index (χ4n) is 3.72.